The number of likely N-dealkylation sites (tertiary alicyclic amines) is 1. The normalized spacial score (nSPS) is 15.5. The van der Waals surface area contributed by atoms with Gasteiger partial charge >= 0.3 is 0 Å². The number of fused-ring (bicyclic) bond motifs is 1. The van der Waals surface area contributed by atoms with Crippen molar-refractivity contribution in [3.8, 4) is 0 Å². The maximum absolute atomic E-state index is 4.75. The molecule has 2 heterocycles. The van der Waals surface area contributed by atoms with Gasteiger partial charge in [-0.25, -0.2) is 4.99 Å². The molecule has 0 bridgehead atoms. The standard InChI is InChI=1S/C20H29N5.HI/c1-2-21-20(23-12-15-25-13-4-3-5-14-25)24-16-18-9-6-8-17-10-7-11-22-19(17)18;/h6-11H,2-5,12-16H2,1H3,(H2,21,23,24);1H. The summed E-state index contributed by atoms with van der Waals surface area (Å²) in [5, 5.41) is 7.97. The Morgan fingerprint density at radius 2 is 1.92 bits per heavy atom. The average Bonchev–Trinajstić information content (AvgIpc) is 2.67. The van der Waals surface area contributed by atoms with Crippen molar-refractivity contribution >= 4 is 40.8 Å². The molecule has 6 heteroatoms. The minimum absolute atomic E-state index is 0. The zero-order chi connectivity index (χ0) is 17.3. The molecule has 0 atom stereocenters. The molecule has 5 nitrogen and oxygen atoms in total. The molecular weight excluding hydrogens is 437 g/mol. The lowest BCUT2D eigenvalue weighted by molar-refractivity contribution is 0.232. The Bertz CT molecular complexity index is 692. The molecule has 0 radical (unpaired) electrons. The summed E-state index contributed by atoms with van der Waals surface area (Å²) < 4.78 is 0. The van der Waals surface area contributed by atoms with Gasteiger partial charge in [0.15, 0.2) is 5.96 Å². The lowest BCUT2D eigenvalue weighted by atomic mass is 10.1. The second kappa shape index (κ2) is 11.3. The van der Waals surface area contributed by atoms with Gasteiger partial charge in [-0.1, -0.05) is 30.7 Å². The van der Waals surface area contributed by atoms with E-state index in [0.29, 0.717) is 6.54 Å². The third-order valence-corrected chi connectivity index (χ3v) is 4.64. The largest absolute Gasteiger partial charge is 0.357 e. The molecule has 142 valence electrons. The van der Waals surface area contributed by atoms with Crippen LogP contribution in [0.15, 0.2) is 41.5 Å². The van der Waals surface area contributed by atoms with Crippen LogP contribution in [0.1, 0.15) is 31.7 Å². The number of benzene rings is 1. The minimum Gasteiger partial charge on any atom is -0.357 e. The van der Waals surface area contributed by atoms with Gasteiger partial charge in [-0.3, -0.25) is 4.98 Å². The fourth-order valence-corrected chi connectivity index (χ4v) is 3.32. The molecule has 0 saturated carbocycles. The second-order valence-electron chi connectivity index (χ2n) is 6.52. The number of aliphatic imine (C=N–C) groups is 1. The number of halogens is 1. The number of guanidine groups is 1. The molecule has 0 unspecified atom stereocenters. The smallest absolute Gasteiger partial charge is 0.191 e. The topological polar surface area (TPSA) is 52.6 Å². The maximum atomic E-state index is 4.75. The molecule has 0 aliphatic carbocycles. The summed E-state index contributed by atoms with van der Waals surface area (Å²) in [6, 6.07) is 10.3. The first-order valence-corrected chi connectivity index (χ1v) is 9.44. The van der Waals surface area contributed by atoms with Crippen LogP contribution in [0.25, 0.3) is 10.9 Å². The Morgan fingerprint density at radius 3 is 2.73 bits per heavy atom. The number of para-hydroxylation sites is 1. The van der Waals surface area contributed by atoms with Gasteiger partial charge in [-0.2, -0.15) is 0 Å². The van der Waals surface area contributed by atoms with Crippen molar-refractivity contribution in [2.24, 2.45) is 4.99 Å². The monoisotopic (exact) mass is 467 g/mol. The average molecular weight is 467 g/mol. The highest BCUT2D eigenvalue weighted by Crippen LogP contribution is 2.16. The quantitative estimate of drug-likeness (QED) is 0.389. The highest BCUT2D eigenvalue weighted by Gasteiger charge is 2.09. The van der Waals surface area contributed by atoms with E-state index in [0.717, 1.165) is 36.7 Å². The van der Waals surface area contributed by atoms with Crippen LogP contribution < -0.4 is 10.6 Å². The number of rotatable bonds is 6. The van der Waals surface area contributed by atoms with Crippen molar-refractivity contribution in [2.75, 3.05) is 32.7 Å². The van der Waals surface area contributed by atoms with Gasteiger partial charge in [0.25, 0.3) is 0 Å². The summed E-state index contributed by atoms with van der Waals surface area (Å²) >= 11 is 0. The Labute approximate surface area is 173 Å². The molecule has 1 fully saturated rings. The van der Waals surface area contributed by atoms with Crippen molar-refractivity contribution in [1.29, 1.82) is 0 Å². The fraction of sp³-hybridized carbons (Fsp3) is 0.500. The van der Waals surface area contributed by atoms with Crippen LogP contribution >= 0.6 is 24.0 Å². The molecule has 2 N–H and O–H groups in total. The summed E-state index contributed by atoms with van der Waals surface area (Å²) in [6.45, 7) is 8.08. The van der Waals surface area contributed by atoms with Crippen molar-refractivity contribution in [2.45, 2.75) is 32.7 Å². The first-order chi connectivity index (χ1) is 12.4. The van der Waals surface area contributed by atoms with Crippen molar-refractivity contribution in [1.82, 2.24) is 20.5 Å². The van der Waals surface area contributed by atoms with E-state index in [9.17, 15) is 0 Å². The van der Waals surface area contributed by atoms with E-state index in [1.165, 1.54) is 37.7 Å². The van der Waals surface area contributed by atoms with Crippen molar-refractivity contribution in [3.05, 3.63) is 42.1 Å². The summed E-state index contributed by atoms with van der Waals surface area (Å²) in [5.74, 6) is 0.882. The molecule has 26 heavy (non-hydrogen) atoms. The molecule has 0 amide bonds. The first-order valence-electron chi connectivity index (χ1n) is 9.44. The van der Waals surface area contributed by atoms with E-state index in [4.69, 9.17) is 4.99 Å². The SMILES string of the molecule is CCNC(=NCc1cccc2cccnc12)NCCN1CCCCC1.I. The third kappa shape index (κ3) is 6.09. The zero-order valence-corrected chi connectivity index (χ0v) is 17.9. The Balaban J connectivity index is 0.00000243. The van der Waals surface area contributed by atoms with Gasteiger partial charge in [0.2, 0.25) is 0 Å². The number of piperidine rings is 1. The first kappa shape index (κ1) is 20.9. The molecule has 1 aromatic carbocycles. The molecule has 0 spiro atoms. The molecule has 1 aliphatic heterocycles. The van der Waals surface area contributed by atoms with Gasteiger partial charge in [0, 0.05) is 31.2 Å². The Kier molecular flexibility index (Phi) is 9.11. The zero-order valence-electron chi connectivity index (χ0n) is 15.6. The minimum atomic E-state index is 0. The summed E-state index contributed by atoms with van der Waals surface area (Å²) in [5.41, 5.74) is 2.20. The van der Waals surface area contributed by atoms with Crippen LogP contribution in [0.5, 0.6) is 0 Å². The summed E-state index contributed by atoms with van der Waals surface area (Å²) in [6.07, 6.45) is 5.90. The van der Waals surface area contributed by atoms with E-state index in [-0.39, 0.29) is 24.0 Å². The summed E-state index contributed by atoms with van der Waals surface area (Å²) in [7, 11) is 0. The van der Waals surface area contributed by atoms with Crippen LogP contribution in [0, 0.1) is 0 Å². The lowest BCUT2D eigenvalue weighted by Crippen LogP contribution is -2.42. The highest BCUT2D eigenvalue weighted by molar-refractivity contribution is 14.0. The van der Waals surface area contributed by atoms with Crippen molar-refractivity contribution in [3.63, 3.8) is 0 Å². The van der Waals surface area contributed by atoms with E-state index in [2.05, 4.69) is 51.7 Å². The van der Waals surface area contributed by atoms with Crippen LogP contribution in [0.4, 0.5) is 0 Å². The van der Waals surface area contributed by atoms with Gasteiger partial charge in [-0.05, 0) is 44.5 Å². The van der Waals surface area contributed by atoms with Gasteiger partial charge in [-0.15, -0.1) is 24.0 Å². The maximum Gasteiger partial charge on any atom is 0.191 e. The van der Waals surface area contributed by atoms with E-state index in [1.807, 2.05) is 12.3 Å². The predicted molar refractivity (Wildman–Crippen MR) is 120 cm³/mol. The van der Waals surface area contributed by atoms with Gasteiger partial charge in [0.05, 0.1) is 12.1 Å². The molecule has 1 aliphatic rings. The number of nitrogens with zero attached hydrogens (tertiary/aromatic N) is 3. The number of nitrogens with one attached hydrogen (secondary N) is 2. The number of pyridine rings is 1. The molecule has 1 saturated heterocycles. The van der Waals surface area contributed by atoms with Gasteiger partial charge in [0.1, 0.15) is 0 Å². The highest BCUT2D eigenvalue weighted by atomic mass is 127. The fourth-order valence-electron chi connectivity index (χ4n) is 3.32. The molecule has 3 rings (SSSR count). The molecular formula is C20H30IN5. The van der Waals surface area contributed by atoms with Crippen LogP contribution in [-0.4, -0.2) is 48.6 Å². The summed E-state index contributed by atoms with van der Waals surface area (Å²) in [4.78, 5) is 11.8. The Morgan fingerprint density at radius 1 is 1.12 bits per heavy atom. The van der Waals surface area contributed by atoms with Crippen LogP contribution in [-0.2, 0) is 6.54 Å². The van der Waals surface area contributed by atoms with E-state index in [1.54, 1.807) is 0 Å². The van der Waals surface area contributed by atoms with E-state index < -0.39 is 0 Å². The predicted octanol–water partition coefficient (Wildman–Crippen LogP) is 3.39. The van der Waals surface area contributed by atoms with Gasteiger partial charge < -0.3 is 15.5 Å². The lowest BCUT2D eigenvalue weighted by Gasteiger charge is -2.26. The molecule has 1 aromatic heterocycles. The van der Waals surface area contributed by atoms with Crippen molar-refractivity contribution < 1.29 is 0 Å². The van der Waals surface area contributed by atoms with Crippen LogP contribution in [0.3, 0.4) is 0 Å². The van der Waals surface area contributed by atoms with Crippen LogP contribution in [0.2, 0.25) is 0 Å². The third-order valence-electron chi connectivity index (χ3n) is 4.64. The number of aromatic nitrogens is 1. The Hall–Kier alpha value is -1.41. The number of hydrogen-bond donors (Lipinski definition) is 2. The second-order valence-corrected chi connectivity index (χ2v) is 6.52. The van der Waals surface area contributed by atoms with E-state index >= 15 is 0 Å². The molecule has 2 aromatic rings. The number of hydrogen-bond acceptors (Lipinski definition) is 3.